The van der Waals surface area contributed by atoms with Gasteiger partial charge in [-0.2, -0.15) is 0 Å². The van der Waals surface area contributed by atoms with Gasteiger partial charge >= 0.3 is 11.8 Å². The summed E-state index contributed by atoms with van der Waals surface area (Å²) in [6.45, 7) is 6.34. The van der Waals surface area contributed by atoms with Crippen molar-refractivity contribution in [3.63, 3.8) is 0 Å². The van der Waals surface area contributed by atoms with Gasteiger partial charge < -0.3 is 4.90 Å². The van der Waals surface area contributed by atoms with Crippen molar-refractivity contribution in [3.8, 4) is 0 Å². The molecule has 0 unspecified atom stereocenters. The molecule has 1 aliphatic rings. The molecule has 19 heavy (non-hydrogen) atoms. The molecule has 4 nitrogen and oxygen atoms in total. The molecule has 0 bridgehead atoms. The Labute approximate surface area is 111 Å². The lowest BCUT2D eigenvalue weighted by molar-refractivity contribution is -0.145. The third-order valence-corrected chi connectivity index (χ3v) is 3.05. The number of hydrogen-bond acceptors (Lipinski definition) is 2. The minimum absolute atomic E-state index is 0.164. The number of rotatable bonds is 3. The Bertz CT molecular complexity index is 542. The molecule has 2 rings (SSSR count). The first-order valence-electron chi connectivity index (χ1n) is 6.02. The Kier molecular flexibility index (Phi) is 3.64. The van der Waals surface area contributed by atoms with Crippen molar-refractivity contribution >= 4 is 17.5 Å². The number of halogens is 1. The highest BCUT2D eigenvalue weighted by Crippen LogP contribution is 2.23. The Morgan fingerprint density at radius 3 is 2.74 bits per heavy atom. The Morgan fingerprint density at radius 2 is 2.05 bits per heavy atom. The Balaban J connectivity index is 2.28. The highest BCUT2D eigenvalue weighted by molar-refractivity contribution is 6.41. The summed E-state index contributed by atoms with van der Waals surface area (Å²) in [6.07, 6.45) is 1.56. The van der Waals surface area contributed by atoms with E-state index in [1.165, 1.54) is 15.9 Å². The van der Waals surface area contributed by atoms with E-state index in [1.54, 1.807) is 18.2 Å². The Morgan fingerprint density at radius 1 is 1.32 bits per heavy atom. The number of anilines is 1. The fourth-order valence-corrected chi connectivity index (χ4v) is 2.06. The maximum atomic E-state index is 13.8. The number of aryl methyl sites for hydroxylation is 1. The van der Waals surface area contributed by atoms with Crippen LogP contribution in [0.15, 0.2) is 30.9 Å². The summed E-state index contributed by atoms with van der Waals surface area (Å²) in [5.41, 5.74) is 1.00. The lowest BCUT2D eigenvalue weighted by atomic mass is 10.1. The van der Waals surface area contributed by atoms with Crippen LogP contribution in [0.3, 0.4) is 0 Å². The lowest BCUT2D eigenvalue weighted by Gasteiger charge is -2.33. The number of benzene rings is 1. The van der Waals surface area contributed by atoms with Crippen LogP contribution in [0.5, 0.6) is 0 Å². The van der Waals surface area contributed by atoms with Crippen molar-refractivity contribution in [1.82, 2.24) is 4.90 Å². The molecule has 1 saturated heterocycles. The summed E-state index contributed by atoms with van der Waals surface area (Å²) in [7, 11) is 0. The van der Waals surface area contributed by atoms with Gasteiger partial charge in [-0.05, 0) is 24.6 Å². The largest absolute Gasteiger partial charge is 0.329 e. The molecular weight excluding hydrogens is 247 g/mol. The van der Waals surface area contributed by atoms with Crippen molar-refractivity contribution in [2.75, 3.05) is 24.5 Å². The van der Waals surface area contributed by atoms with Gasteiger partial charge in [0.1, 0.15) is 5.82 Å². The van der Waals surface area contributed by atoms with E-state index in [-0.39, 0.29) is 5.69 Å². The molecule has 0 aliphatic carbocycles. The molecule has 1 aromatic rings. The second-order valence-electron chi connectivity index (χ2n) is 4.45. The van der Waals surface area contributed by atoms with E-state index in [0.29, 0.717) is 19.6 Å². The fraction of sp³-hybridized carbons (Fsp3) is 0.286. The maximum absolute atomic E-state index is 13.8. The molecular formula is C14H15FN2O2. The van der Waals surface area contributed by atoms with E-state index in [1.807, 2.05) is 6.92 Å². The van der Waals surface area contributed by atoms with Gasteiger partial charge in [-0.15, -0.1) is 6.58 Å². The normalized spacial score (nSPS) is 15.9. The third-order valence-electron chi connectivity index (χ3n) is 3.05. The minimum Gasteiger partial charge on any atom is -0.329 e. The van der Waals surface area contributed by atoms with Gasteiger partial charge in [-0.25, -0.2) is 4.39 Å². The van der Waals surface area contributed by atoms with Crippen molar-refractivity contribution < 1.29 is 14.0 Å². The van der Waals surface area contributed by atoms with Crippen LogP contribution in [0, 0.1) is 12.7 Å². The molecule has 1 fully saturated rings. The zero-order valence-corrected chi connectivity index (χ0v) is 10.7. The van der Waals surface area contributed by atoms with Crippen LogP contribution in [-0.2, 0) is 9.59 Å². The zero-order valence-electron chi connectivity index (χ0n) is 10.7. The molecule has 0 atom stereocenters. The second-order valence-corrected chi connectivity index (χ2v) is 4.45. The summed E-state index contributed by atoms with van der Waals surface area (Å²) in [5.74, 6) is -1.81. The summed E-state index contributed by atoms with van der Waals surface area (Å²) < 4.78 is 13.8. The van der Waals surface area contributed by atoms with Crippen molar-refractivity contribution in [3.05, 3.63) is 42.2 Å². The number of nitrogens with zero attached hydrogens (tertiary/aromatic N) is 2. The maximum Gasteiger partial charge on any atom is 0.316 e. The number of amides is 2. The standard InChI is InChI=1S/C14H15FN2O2/c1-3-6-16-7-8-17(14(19)13(16)18)12-9-10(2)4-5-11(12)15/h3-5,9H,1,6-8H2,2H3. The monoisotopic (exact) mass is 262 g/mol. The predicted molar refractivity (Wildman–Crippen MR) is 70.3 cm³/mol. The number of piperazine rings is 1. The van der Waals surface area contributed by atoms with Crippen LogP contribution in [0.2, 0.25) is 0 Å². The molecule has 5 heteroatoms. The number of carbonyl (C=O) groups excluding carboxylic acids is 2. The fourth-order valence-electron chi connectivity index (χ4n) is 2.06. The molecule has 0 spiro atoms. The first kappa shape index (κ1) is 13.3. The van der Waals surface area contributed by atoms with E-state index in [2.05, 4.69) is 6.58 Å². The molecule has 0 aromatic heterocycles. The van der Waals surface area contributed by atoms with Crippen LogP contribution < -0.4 is 4.90 Å². The van der Waals surface area contributed by atoms with Gasteiger partial charge in [-0.1, -0.05) is 12.1 Å². The van der Waals surface area contributed by atoms with E-state index in [0.717, 1.165) is 5.56 Å². The molecule has 0 N–H and O–H groups in total. The van der Waals surface area contributed by atoms with Crippen molar-refractivity contribution in [2.24, 2.45) is 0 Å². The summed E-state index contributed by atoms with van der Waals surface area (Å²) in [6, 6.07) is 4.50. The summed E-state index contributed by atoms with van der Waals surface area (Å²) in [4.78, 5) is 26.5. The van der Waals surface area contributed by atoms with Gasteiger partial charge in [0.15, 0.2) is 0 Å². The molecule has 1 heterocycles. The SMILES string of the molecule is C=CCN1CCN(c2cc(C)ccc2F)C(=O)C1=O. The summed E-state index contributed by atoms with van der Waals surface area (Å²) in [5, 5.41) is 0. The van der Waals surface area contributed by atoms with Crippen molar-refractivity contribution in [1.29, 1.82) is 0 Å². The van der Waals surface area contributed by atoms with Crippen LogP contribution >= 0.6 is 0 Å². The predicted octanol–water partition coefficient (Wildman–Crippen LogP) is 1.50. The average Bonchev–Trinajstić information content (AvgIpc) is 2.39. The van der Waals surface area contributed by atoms with Gasteiger partial charge in [0.25, 0.3) is 0 Å². The van der Waals surface area contributed by atoms with Gasteiger partial charge in [0.2, 0.25) is 0 Å². The molecule has 0 radical (unpaired) electrons. The minimum atomic E-state index is -0.697. The molecule has 0 saturated carbocycles. The van der Waals surface area contributed by atoms with Crippen LogP contribution in [0.25, 0.3) is 0 Å². The number of carbonyl (C=O) groups is 2. The topological polar surface area (TPSA) is 40.6 Å². The van der Waals surface area contributed by atoms with E-state index >= 15 is 0 Å². The molecule has 1 aliphatic heterocycles. The first-order chi connectivity index (χ1) is 9.04. The quantitative estimate of drug-likeness (QED) is 0.612. The second kappa shape index (κ2) is 5.22. The summed E-state index contributed by atoms with van der Waals surface area (Å²) >= 11 is 0. The van der Waals surface area contributed by atoms with Crippen LogP contribution in [0.1, 0.15) is 5.56 Å². The highest BCUT2D eigenvalue weighted by Gasteiger charge is 2.33. The van der Waals surface area contributed by atoms with E-state index < -0.39 is 17.6 Å². The molecule has 100 valence electrons. The molecule has 2 amide bonds. The first-order valence-corrected chi connectivity index (χ1v) is 6.02. The van der Waals surface area contributed by atoms with Gasteiger partial charge in [0, 0.05) is 19.6 Å². The molecule has 1 aromatic carbocycles. The van der Waals surface area contributed by atoms with Crippen molar-refractivity contribution in [2.45, 2.75) is 6.92 Å². The van der Waals surface area contributed by atoms with E-state index in [9.17, 15) is 14.0 Å². The smallest absolute Gasteiger partial charge is 0.316 e. The van der Waals surface area contributed by atoms with Gasteiger partial charge in [0.05, 0.1) is 5.69 Å². The Hall–Kier alpha value is -2.17. The number of hydrogen-bond donors (Lipinski definition) is 0. The zero-order chi connectivity index (χ0) is 14.0. The third kappa shape index (κ3) is 2.50. The lowest BCUT2D eigenvalue weighted by Crippen LogP contribution is -2.54. The highest BCUT2D eigenvalue weighted by atomic mass is 19.1. The van der Waals surface area contributed by atoms with E-state index in [4.69, 9.17) is 0 Å². The van der Waals surface area contributed by atoms with Gasteiger partial charge in [-0.3, -0.25) is 14.5 Å². The average molecular weight is 262 g/mol. The van der Waals surface area contributed by atoms with Crippen LogP contribution in [-0.4, -0.2) is 36.3 Å². The van der Waals surface area contributed by atoms with Crippen LogP contribution in [0.4, 0.5) is 10.1 Å².